The van der Waals surface area contributed by atoms with Crippen molar-refractivity contribution in [3.8, 4) is 0 Å². The molecule has 4 heteroatoms. The normalized spacial score (nSPS) is 26.0. The maximum absolute atomic E-state index is 10.8. The monoisotopic (exact) mass is 148 g/mol. The van der Waals surface area contributed by atoms with Crippen molar-refractivity contribution in [3.63, 3.8) is 0 Å². The SMILES string of the molecule is C[S+]([O-])N1CCNCC1. The Morgan fingerprint density at radius 3 is 2.33 bits per heavy atom. The third-order valence-electron chi connectivity index (χ3n) is 1.44. The summed E-state index contributed by atoms with van der Waals surface area (Å²) in [5.41, 5.74) is 0. The largest absolute Gasteiger partial charge is 0.598 e. The van der Waals surface area contributed by atoms with Gasteiger partial charge in [0.15, 0.2) is 0 Å². The van der Waals surface area contributed by atoms with E-state index in [2.05, 4.69) is 5.32 Å². The van der Waals surface area contributed by atoms with Gasteiger partial charge in [0.05, 0.1) is 13.1 Å². The molecule has 0 bridgehead atoms. The highest BCUT2D eigenvalue weighted by Crippen LogP contribution is 1.97. The average molecular weight is 148 g/mol. The molecule has 1 atom stereocenters. The summed E-state index contributed by atoms with van der Waals surface area (Å²) in [5, 5.41) is 3.19. The first-order valence-electron chi connectivity index (χ1n) is 3.10. The molecule has 1 aliphatic rings. The molecule has 1 aliphatic heterocycles. The first-order valence-corrected chi connectivity index (χ1v) is 4.61. The second-order valence-corrected chi connectivity index (χ2v) is 3.47. The van der Waals surface area contributed by atoms with Gasteiger partial charge in [-0.3, -0.25) is 0 Å². The van der Waals surface area contributed by atoms with E-state index in [0.717, 1.165) is 26.2 Å². The van der Waals surface area contributed by atoms with Crippen LogP contribution in [0.5, 0.6) is 0 Å². The molecule has 1 N–H and O–H groups in total. The summed E-state index contributed by atoms with van der Waals surface area (Å²) < 4.78 is 12.8. The Kier molecular flexibility index (Phi) is 2.78. The van der Waals surface area contributed by atoms with Gasteiger partial charge in [-0.2, -0.15) is 0 Å². The van der Waals surface area contributed by atoms with Crippen molar-refractivity contribution in [1.82, 2.24) is 9.62 Å². The van der Waals surface area contributed by atoms with Crippen LogP contribution in [0, 0.1) is 0 Å². The van der Waals surface area contributed by atoms with E-state index in [1.165, 1.54) is 0 Å². The minimum absolute atomic E-state index is 0.759. The highest BCUT2D eigenvalue weighted by atomic mass is 32.2. The minimum Gasteiger partial charge on any atom is -0.598 e. The van der Waals surface area contributed by atoms with Crippen LogP contribution in [0.4, 0.5) is 0 Å². The summed E-state index contributed by atoms with van der Waals surface area (Å²) in [6.07, 6.45) is 1.73. The third kappa shape index (κ3) is 2.14. The molecule has 1 heterocycles. The number of rotatable bonds is 1. The number of piperazine rings is 1. The number of nitrogens with one attached hydrogen (secondary N) is 1. The van der Waals surface area contributed by atoms with Crippen molar-refractivity contribution in [1.29, 1.82) is 0 Å². The van der Waals surface area contributed by atoms with E-state index in [4.69, 9.17) is 0 Å². The van der Waals surface area contributed by atoms with Crippen LogP contribution in [0.2, 0.25) is 0 Å². The van der Waals surface area contributed by atoms with E-state index in [1.54, 1.807) is 6.26 Å². The lowest BCUT2D eigenvalue weighted by Gasteiger charge is -2.25. The second-order valence-electron chi connectivity index (χ2n) is 2.10. The summed E-state index contributed by atoms with van der Waals surface area (Å²) >= 11 is -0.759. The van der Waals surface area contributed by atoms with E-state index < -0.39 is 11.4 Å². The zero-order chi connectivity index (χ0) is 6.69. The molecule has 1 unspecified atom stereocenters. The van der Waals surface area contributed by atoms with Crippen LogP contribution in [-0.4, -0.2) is 41.3 Å². The van der Waals surface area contributed by atoms with Gasteiger partial charge in [-0.25, -0.2) is 0 Å². The van der Waals surface area contributed by atoms with Crippen molar-refractivity contribution in [2.45, 2.75) is 0 Å². The van der Waals surface area contributed by atoms with E-state index in [0.29, 0.717) is 0 Å². The number of hydrogen-bond acceptors (Lipinski definition) is 3. The standard InChI is InChI=1S/C5H12N2OS/c1-9(8)7-4-2-6-3-5-7/h6H,2-5H2,1H3. The first-order chi connectivity index (χ1) is 4.30. The lowest BCUT2D eigenvalue weighted by Crippen LogP contribution is -2.45. The number of hydrogen-bond donors (Lipinski definition) is 1. The highest BCUT2D eigenvalue weighted by Gasteiger charge is 2.16. The molecule has 0 amide bonds. The van der Waals surface area contributed by atoms with Crippen LogP contribution in [0.3, 0.4) is 0 Å². The molecule has 0 spiro atoms. The summed E-state index contributed by atoms with van der Waals surface area (Å²) in [6, 6.07) is 0. The van der Waals surface area contributed by atoms with Gasteiger partial charge in [-0.05, 0) is 0 Å². The third-order valence-corrected chi connectivity index (χ3v) is 2.53. The molecule has 0 radical (unpaired) electrons. The smallest absolute Gasteiger partial charge is 0.115 e. The lowest BCUT2D eigenvalue weighted by atomic mass is 10.4. The number of nitrogens with zero attached hydrogens (tertiary/aromatic N) is 1. The van der Waals surface area contributed by atoms with Crippen LogP contribution < -0.4 is 5.32 Å². The summed E-state index contributed by atoms with van der Waals surface area (Å²) in [4.78, 5) is 0. The Morgan fingerprint density at radius 2 is 2.00 bits per heavy atom. The lowest BCUT2D eigenvalue weighted by molar-refractivity contribution is 0.362. The predicted molar refractivity (Wildman–Crippen MR) is 38.5 cm³/mol. The summed E-state index contributed by atoms with van der Waals surface area (Å²) in [6.45, 7) is 3.78. The maximum atomic E-state index is 10.8. The van der Waals surface area contributed by atoms with Crippen molar-refractivity contribution >= 4 is 11.4 Å². The molecule has 9 heavy (non-hydrogen) atoms. The average Bonchev–Trinajstić information content (AvgIpc) is 1.90. The molecule has 0 aromatic carbocycles. The highest BCUT2D eigenvalue weighted by molar-refractivity contribution is 7.88. The first kappa shape index (κ1) is 7.34. The quantitative estimate of drug-likeness (QED) is 0.494. The molecular weight excluding hydrogens is 136 g/mol. The van der Waals surface area contributed by atoms with Crippen LogP contribution >= 0.6 is 0 Å². The molecule has 3 nitrogen and oxygen atoms in total. The van der Waals surface area contributed by atoms with Gasteiger partial charge in [0, 0.05) is 24.5 Å². The van der Waals surface area contributed by atoms with Gasteiger partial charge in [0.1, 0.15) is 6.26 Å². The van der Waals surface area contributed by atoms with Gasteiger partial charge in [-0.1, -0.05) is 0 Å². The Balaban J connectivity index is 2.23. The molecule has 1 fully saturated rings. The summed E-state index contributed by atoms with van der Waals surface area (Å²) in [7, 11) is 0. The van der Waals surface area contributed by atoms with Crippen LogP contribution in [-0.2, 0) is 11.4 Å². The summed E-state index contributed by atoms with van der Waals surface area (Å²) in [5.74, 6) is 0. The minimum atomic E-state index is -0.759. The fraction of sp³-hybridized carbons (Fsp3) is 1.00. The van der Waals surface area contributed by atoms with Gasteiger partial charge in [-0.15, -0.1) is 4.31 Å². The van der Waals surface area contributed by atoms with Gasteiger partial charge >= 0.3 is 0 Å². The Bertz CT molecular complexity index is 83.0. The van der Waals surface area contributed by atoms with E-state index in [9.17, 15) is 4.55 Å². The van der Waals surface area contributed by atoms with Crippen molar-refractivity contribution in [2.75, 3.05) is 32.4 Å². The molecule has 0 aromatic rings. The van der Waals surface area contributed by atoms with Crippen molar-refractivity contribution < 1.29 is 4.55 Å². The Labute approximate surface area is 58.7 Å². The van der Waals surface area contributed by atoms with Gasteiger partial charge in [0.2, 0.25) is 0 Å². The van der Waals surface area contributed by atoms with E-state index in [-0.39, 0.29) is 0 Å². The fourth-order valence-electron chi connectivity index (χ4n) is 0.901. The van der Waals surface area contributed by atoms with Crippen molar-refractivity contribution in [2.24, 2.45) is 0 Å². The zero-order valence-corrected chi connectivity index (χ0v) is 6.41. The van der Waals surface area contributed by atoms with E-state index in [1.807, 2.05) is 4.31 Å². The van der Waals surface area contributed by atoms with Crippen molar-refractivity contribution in [3.05, 3.63) is 0 Å². The molecular formula is C5H12N2OS. The van der Waals surface area contributed by atoms with Crippen LogP contribution in [0.1, 0.15) is 0 Å². The van der Waals surface area contributed by atoms with Crippen LogP contribution in [0.25, 0.3) is 0 Å². The molecule has 0 aromatic heterocycles. The maximum Gasteiger partial charge on any atom is 0.115 e. The molecule has 0 aliphatic carbocycles. The van der Waals surface area contributed by atoms with E-state index >= 15 is 0 Å². The molecule has 54 valence electrons. The Morgan fingerprint density at radius 1 is 1.44 bits per heavy atom. The fourth-order valence-corrected chi connectivity index (χ4v) is 1.60. The van der Waals surface area contributed by atoms with Crippen LogP contribution in [0.15, 0.2) is 0 Å². The van der Waals surface area contributed by atoms with Gasteiger partial charge in [0.25, 0.3) is 0 Å². The molecule has 1 saturated heterocycles. The topological polar surface area (TPSA) is 38.3 Å². The van der Waals surface area contributed by atoms with Gasteiger partial charge < -0.3 is 9.87 Å². The zero-order valence-electron chi connectivity index (χ0n) is 5.59. The predicted octanol–water partition coefficient (Wildman–Crippen LogP) is -0.815. The second kappa shape index (κ2) is 3.41. The molecule has 1 rings (SSSR count). The molecule has 0 saturated carbocycles. The Hall–Kier alpha value is 0.230.